The van der Waals surface area contributed by atoms with Crippen molar-refractivity contribution < 1.29 is 75.1 Å². The molecule has 36 heavy (non-hydrogen) atoms. The van der Waals surface area contributed by atoms with E-state index >= 15 is 0 Å². The van der Waals surface area contributed by atoms with Crippen LogP contribution in [0.2, 0.25) is 0 Å². The Bertz CT molecular complexity index is 803. The zero-order chi connectivity index (χ0) is 26.5. The average Bonchev–Trinajstić information content (AvgIpc) is 3.37. The van der Waals surface area contributed by atoms with Crippen LogP contribution in [-0.4, -0.2) is 173 Å². The topological polar surface area (TPSA) is 284 Å². The Kier molecular flexibility index (Phi) is 8.06. The fourth-order valence-corrected chi connectivity index (χ4v) is 4.82. The first-order chi connectivity index (χ1) is 17.0. The van der Waals surface area contributed by atoms with Gasteiger partial charge in [0, 0.05) is 0 Å². The van der Waals surface area contributed by atoms with E-state index in [0.29, 0.717) is 0 Å². The van der Waals surface area contributed by atoms with Gasteiger partial charge in [-0.1, -0.05) is 0 Å². The van der Waals surface area contributed by atoms with Crippen LogP contribution in [0.15, 0.2) is 4.99 Å². The highest BCUT2D eigenvalue weighted by molar-refractivity contribution is 5.76. The second-order valence-corrected chi connectivity index (χ2v) is 9.25. The molecule has 2 saturated heterocycles. The van der Waals surface area contributed by atoms with E-state index < -0.39 is 111 Å². The van der Waals surface area contributed by atoms with Crippen molar-refractivity contribution >= 4 is 6.02 Å². The van der Waals surface area contributed by atoms with E-state index in [9.17, 15) is 56.2 Å². The molecule has 1 aliphatic carbocycles. The molecule has 3 aliphatic heterocycles. The number of rotatable bonds is 6. The van der Waals surface area contributed by atoms with Crippen LogP contribution in [-0.2, 0) is 18.9 Å². The van der Waals surface area contributed by atoms with Gasteiger partial charge in [0.25, 0.3) is 6.02 Å². The van der Waals surface area contributed by atoms with Crippen LogP contribution in [0.25, 0.3) is 0 Å². The standard InChI is InChI=1S/C19H32N2O15/c22-1-4-6(25)7(26)10(29)17(34-4)35-12-5(2-23)33-16(9(28)8(12)27)21-18-20-14-13(36-18)11(30)15(31)19(14,32)3-24/h4-17,22-32H,1-3H2,(H,20,21)/t4-,5-,6-,7+,8-,9-,10-,11-,12-,13-,14-,15+,16+,17-,19+/m1/s1. The summed E-state index contributed by atoms with van der Waals surface area (Å²) in [5, 5.41) is 113. The largest absolute Gasteiger partial charge is 0.457 e. The molecule has 4 aliphatic rings. The number of hydrogen-bond acceptors (Lipinski definition) is 17. The lowest BCUT2D eigenvalue weighted by Gasteiger charge is -2.46. The average molecular weight is 528 g/mol. The van der Waals surface area contributed by atoms with Crippen molar-refractivity contribution in [1.29, 1.82) is 0 Å². The Balaban J connectivity index is 1.44. The lowest BCUT2D eigenvalue weighted by atomic mass is 9.96. The van der Waals surface area contributed by atoms with Crippen molar-refractivity contribution in [3.05, 3.63) is 0 Å². The van der Waals surface area contributed by atoms with Gasteiger partial charge in [0.1, 0.15) is 72.7 Å². The quantitative estimate of drug-likeness (QED) is 0.152. The Morgan fingerprint density at radius 1 is 0.806 bits per heavy atom. The van der Waals surface area contributed by atoms with Crippen LogP contribution in [0.4, 0.5) is 0 Å². The SMILES string of the molecule is OC[C@H]1O[C@H](O[C@H]2[C@H](O)[C@@H](O)[C@@H](NC3=N[C@@H]4[C@H](O3)[C@@H](O)[C@H](O)[C@]4(O)CO)O[C@@H]2CO)[C@H](O)[C@@H](O)[C@@H]1O. The zero-order valence-electron chi connectivity index (χ0n) is 18.7. The molecular formula is C19H32N2O15. The van der Waals surface area contributed by atoms with E-state index in [1.807, 2.05) is 0 Å². The number of fused-ring (bicyclic) bond motifs is 1. The molecule has 0 radical (unpaired) electrons. The fraction of sp³-hybridized carbons (Fsp3) is 0.947. The maximum Gasteiger partial charge on any atom is 0.287 e. The molecule has 0 aromatic rings. The lowest BCUT2D eigenvalue weighted by molar-refractivity contribution is -0.342. The van der Waals surface area contributed by atoms with Crippen molar-refractivity contribution in [3.8, 4) is 0 Å². The molecule has 3 fully saturated rings. The molecule has 0 aromatic carbocycles. The van der Waals surface area contributed by atoms with E-state index in [4.69, 9.17) is 18.9 Å². The Hall–Kier alpha value is -1.29. The van der Waals surface area contributed by atoms with E-state index in [-0.39, 0.29) is 6.02 Å². The summed E-state index contributed by atoms with van der Waals surface area (Å²) in [6.45, 7) is -2.43. The van der Waals surface area contributed by atoms with Gasteiger partial charge in [-0.05, 0) is 0 Å². The molecular weight excluding hydrogens is 496 g/mol. The van der Waals surface area contributed by atoms with Crippen LogP contribution in [0.3, 0.4) is 0 Å². The maximum atomic E-state index is 10.7. The van der Waals surface area contributed by atoms with E-state index in [1.165, 1.54) is 0 Å². The number of nitrogens with one attached hydrogen (secondary N) is 1. The summed E-state index contributed by atoms with van der Waals surface area (Å²) in [7, 11) is 0. The van der Waals surface area contributed by atoms with Crippen LogP contribution in [0.1, 0.15) is 0 Å². The molecule has 0 amide bonds. The Morgan fingerprint density at radius 2 is 1.47 bits per heavy atom. The molecule has 17 heteroatoms. The number of aliphatic hydroxyl groups excluding tert-OH is 10. The highest BCUT2D eigenvalue weighted by Crippen LogP contribution is 2.38. The monoisotopic (exact) mass is 528 g/mol. The van der Waals surface area contributed by atoms with Crippen molar-refractivity contribution in [2.75, 3.05) is 19.8 Å². The van der Waals surface area contributed by atoms with Gasteiger partial charge >= 0.3 is 0 Å². The van der Waals surface area contributed by atoms with Gasteiger partial charge in [-0.25, -0.2) is 4.99 Å². The molecule has 0 spiro atoms. The number of hydrogen-bond donors (Lipinski definition) is 12. The molecule has 3 heterocycles. The van der Waals surface area contributed by atoms with Gasteiger partial charge in [-0.2, -0.15) is 0 Å². The molecule has 4 rings (SSSR count). The molecule has 0 aromatic heterocycles. The van der Waals surface area contributed by atoms with Crippen molar-refractivity contribution in [2.45, 2.75) is 91.3 Å². The van der Waals surface area contributed by atoms with Gasteiger partial charge in [0.15, 0.2) is 18.6 Å². The lowest BCUT2D eigenvalue weighted by Crippen LogP contribution is -2.66. The molecule has 0 unspecified atom stereocenters. The van der Waals surface area contributed by atoms with E-state index in [2.05, 4.69) is 10.3 Å². The number of aliphatic hydroxyl groups is 11. The van der Waals surface area contributed by atoms with Crippen LogP contribution < -0.4 is 5.32 Å². The predicted octanol–water partition coefficient (Wildman–Crippen LogP) is -8.22. The predicted molar refractivity (Wildman–Crippen MR) is 110 cm³/mol. The minimum absolute atomic E-state index is 0.357. The summed E-state index contributed by atoms with van der Waals surface area (Å²) in [6, 6.07) is -1.62. The van der Waals surface area contributed by atoms with Crippen LogP contribution >= 0.6 is 0 Å². The third kappa shape index (κ3) is 4.48. The maximum absolute atomic E-state index is 10.7. The molecule has 15 atom stereocenters. The van der Waals surface area contributed by atoms with Gasteiger partial charge in [-0.3, -0.25) is 0 Å². The number of amidine groups is 1. The smallest absolute Gasteiger partial charge is 0.287 e. The highest BCUT2D eigenvalue weighted by Gasteiger charge is 2.63. The zero-order valence-corrected chi connectivity index (χ0v) is 18.7. The van der Waals surface area contributed by atoms with E-state index in [0.717, 1.165) is 0 Å². The first-order valence-electron chi connectivity index (χ1n) is 11.3. The molecule has 17 nitrogen and oxygen atoms in total. The summed E-state index contributed by atoms with van der Waals surface area (Å²) in [5.74, 6) is 0. The highest BCUT2D eigenvalue weighted by atomic mass is 16.7. The fourth-order valence-electron chi connectivity index (χ4n) is 4.82. The second kappa shape index (κ2) is 10.5. The van der Waals surface area contributed by atoms with Gasteiger partial charge < -0.3 is 80.4 Å². The third-order valence-corrected chi connectivity index (χ3v) is 7.02. The summed E-state index contributed by atoms with van der Waals surface area (Å²) in [4.78, 5) is 3.99. The first-order valence-corrected chi connectivity index (χ1v) is 11.3. The van der Waals surface area contributed by atoms with Gasteiger partial charge in [0.05, 0.1) is 19.8 Å². The molecule has 0 bridgehead atoms. The first kappa shape index (κ1) is 27.7. The minimum Gasteiger partial charge on any atom is -0.457 e. The Morgan fingerprint density at radius 3 is 2.08 bits per heavy atom. The molecule has 12 N–H and O–H groups in total. The van der Waals surface area contributed by atoms with Crippen molar-refractivity contribution in [1.82, 2.24) is 5.32 Å². The minimum atomic E-state index is -2.20. The summed E-state index contributed by atoms with van der Waals surface area (Å²) >= 11 is 0. The van der Waals surface area contributed by atoms with Crippen LogP contribution in [0, 0.1) is 0 Å². The molecule has 1 saturated carbocycles. The Labute approximate surface area is 203 Å². The van der Waals surface area contributed by atoms with Crippen molar-refractivity contribution in [3.63, 3.8) is 0 Å². The van der Waals surface area contributed by atoms with Crippen LogP contribution in [0.5, 0.6) is 0 Å². The second-order valence-electron chi connectivity index (χ2n) is 9.25. The number of ether oxygens (including phenoxy) is 4. The van der Waals surface area contributed by atoms with E-state index in [1.54, 1.807) is 0 Å². The summed E-state index contributed by atoms with van der Waals surface area (Å²) < 4.78 is 21.6. The number of nitrogens with zero attached hydrogens (tertiary/aromatic N) is 1. The number of aliphatic imine (C=N–C) groups is 1. The van der Waals surface area contributed by atoms with Crippen molar-refractivity contribution in [2.24, 2.45) is 4.99 Å². The van der Waals surface area contributed by atoms with Gasteiger partial charge in [0.2, 0.25) is 0 Å². The molecule has 208 valence electrons. The third-order valence-electron chi connectivity index (χ3n) is 7.02. The normalized spacial score (nSPS) is 53.0. The summed E-state index contributed by atoms with van der Waals surface area (Å²) in [6.07, 6.45) is -20.7. The van der Waals surface area contributed by atoms with Gasteiger partial charge in [-0.15, -0.1) is 0 Å². The summed E-state index contributed by atoms with van der Waals surface area (Å²) in [5.41, 5.74) is -2.20.